The van der Waals surface area contributed by atoms with E-state index in [2.05, 4.69) is 228 Å². The van der Waals surface area contributed by atoms with Crippen LogP contribution in [0, 0.1) is 66.7 Å². The van der Waals surface area contributed by atoms with Crippen molar-refractivity contribution >= 4 is 6.48 Å². The van der Waals surface area contributed by atoms with Gasteiger partial charge in [0.1, 0.15) is 0 Å². The molecule has 6 aromatic carbocycles. The minimum Gasteiger partial charge on any atom is -1.00 e. The predicted molar refractivity (Wildman–Crippen MR) is 286 cm³/mol. The summed E-state index contributed by atoms with van der Waals surface area (Å²) in [7, 11) is 0. The molecular weight excluding hydrogens is 943 g/mol. The molecule has 1 unspecified atom stereocenters. The van der Waals surface area contributed by atoms with Crippen LogP contribution in [-0.4, -0.2) is 3.21 Å². The van der Waals surface area contributed by atoms with Crippen molar-refractivity contribution in [2.75, 3.05) is 0 Å². The van der Waals surface area contributed by atoms with Gasteiger partial charge in [0.2, 0.25) is 0 Å². The Hall–Kier alpha value is -3.87. The zero-order chi connectivity index (χ0) is 47.9. The molecule has 0 saturated heterocycles. The van der Waals surface area contributed by atoms with Crippen LogP contribution in [0.4, 0.5) is 0 Å². The van der Waals surface area contributed by atoms with E-state index in [1.807, 2.05) is 0 Å². The number of allylic oxidation sites excluding steroid dienone is 4. The van der Waals surface area contributed by atoms with Crippen LogP contribution in [0.1, 0.15) is 154 Å². The number of aryl methyl sites for hydroxylation is 8. The van der Waals surface area contributed by atoms with Crippen LogP contribution < -0.4 is 28.1 Å². The minimum atomic E-state index is -3.36. The number of benzene rings is 6. The fourth-order valence-corrected chi connectivity index (χ4v) is 20.7. The smallest absolute Gasteiger partial charge is 1.00 e. The van der Waals surface area contributed by atoms with Crippen molar-refractivity contribution < 1.29 is 46.1 Å². The molecular formula is C65H76Cl2Zr. The van der Waals surface area contributed by atoms with Gasteiger partial charge >= 0.3 is 411 Å². The van der Waals surface area contributed by atoms with Crippen LogP contribution in [0.5, 0.6) is 0 Å². The summed E-state index contributed by atoms with van der Waals surface area (Å²) in [6.45, 7) is 42.7. The topological polar surface area (TPSA) is 0 Å². The van der Waals surface area contributed by atoms with Crippen molar-refractivity contribution in [1.82, 2.24) is 0 Å². The maximum absolute atomic E-state index is 3.36. The van der Waals surface area contributed by atoms with E-state index >= 15 is 0 Å². The first-order valence-corrected chi connectivity index (χ1v) is 28.4. The van der Waals surface area contributed by atoms with E-state index in [0.29, 0.717) is 5.92 Å². The molecule has 0 saturated carbocycles. The molecule has 0 N–H and O–H groups in total. The Morgan fingerprint density at radius 2 is 0.956 bits per heavy atom. The molecule has 0 radical (unpaired) electrons. The molecule has 2 aliphatic rings. The van der Waals surface area contributed by atoms with Crippen LogP contribution in [0.15, 0.2) is 112 Å². The van der Waals surface area contributed by atoms with Gasteiger partial charge in [-0.15, -0.1) is 0 Å². The van der Waals surface area contributed by atoms with Gasteiger partial charge in [0.25, 0.3) is 0 Å². The quantitative estimate of drug-likeness (QED) is 0.149. The number of hydrogen-bond acceptors (Lipinski definition) is 0. The third-order valence-corrected chi connectivity index (χ3v) is 22.6. The molecule has 6 aromatic rings. The number of rotatable bonds is 7. The summed E-state index contributed by atoms with van der Waals surface area (Å²) in [5.41, 5.74) is 29.5. The molecule has 1 atom stereocenters. The van der Waals surface area contributed by atoms with Gasteiger partial charge in [-0.1, -0.05) is 0 Å². The van der Waals surface area contributed by atoms with Gasteiger partial charge in [0, 0.05) is 0 Å². The van der Waals surface area contributed by atoms with E-state index in [1.54, 1.807) is 15.3 Å². The normalized spacial score (nSPS) is 14.3. The van der Waals surface area contributed by atoms with Gasteiger partial charge in [0.05, 0.1) is 0 Å². The number of hydrogen-bond donors (Lipinski definition) is 0. The van der Waals surface area contributed by atoms with Gasteiger partial charge in [0.15, 0.2) is 0 Å². The third-order valence-electron chi connectivity index (χ3n) is 14.7. The SMILES string of the molecule is CCC1C=C(C(C)(C)C)C=[C]1[Zr+2](=[C](c1ccc(C)cc1)c1ccc(C)cc1)[c]1c2c(cc(C(C)(C)C)c1-c1c(C)cc(C)cc1C)-c1cc(C(C)(C)C)c(-c3c(C)cc(C)cc3C)cc1C2.[Cl-].[Cl-]. The molecule has 354 valence electrons. The Balaban J connectivity index is 0.00000381. The molecule has 8 rings (SSSR count). The fraction of sp³-hybridized carbons (Fsp3) is 0.369. The fourth-order valence-electron chi connectivity index (χ4n) is 11.5. The number of halogens is 2. The van der Waals surface area contributed by atoms with Gasteiger partial charge in [-0.2, -0.15) is 0 Å². The predicted octanol–water partition coefficient (Wildman–Crippen LogP) is 11.1. The van der Waals surface area contributed by atoms with Gasteiger partial charge in [-0.05, 0) is 0 Å². The average molecular weight is 1020 g/mol. The minimum absolute atomic E-state index is 0. The van der Waals surface area contributed by atoms with Crippen molar-refractivity contribution in [1.29, 1.82) is 0 Å². The molecule has 0 aromatic heterocycles. The average Bonchev–Trinajstić information content (AvgIpc) is 3.81. The zero-order valence-corrected chi connectivity index (χ0v) is 48.5. The maximum atomic E-state index is 2.74. The van der Waals surface area contributed by atoms with Crippen molar-refractivity contribution in [2.24, 2.45) is 11.3 Å². The molecule has 0 spiro atoms. The Labute approximate surface area is 432 Å². The summed E-state index contributed by atoms with van der Waals surface area (Å²) < 4.78 is 5.01. The third kappa shape index (κ3) is 10.0. The molecule has 3 heteroatoms. The summed E-state index contributed by atoms with van der Waals surface area (Å²) in [6.07, 6.45) is 7.44. The second-order valence-electron chi connectivity index (χ2n) is 23.4. The van der Waals surface area contributed by atoms with Crippen LogP contribution in [-0.2, 0) is 38.5 Å². The monoisotopic (exact) mass is 1020 g/mol. The van der Waals surface area contributed by atoms with E-state index in [0.717, 1.165) is 12.8 Å². The van der Waals surface area contributed by atoms with E-state index in [9.17, 15) is 0 Å². The maximum Gasteiger partial charge on any atom is -1.00 e. The molecule has 68 heavy (non-hydrogen) atoms. The summed E-state index contributed by atoms with van der Waals surface area (Å²) in [5.74, 6) is 0.386. The first-order chi connectivity index (χ1) is 30.9. The van der Waals surface area contributed by atoms with Crippen LogP contribution in [0.3, 0.4) is 0 Å². The number of fused-ring (bicyclic) bond motifs is 3. The second kappa shape index (κ2) is 19.7. The van der Waals surface area contributed by atoms with Crippen molar-refractivity contribution in [3.63, 3.8) is 0 Å². The van der Waals surface area contributed by atoms with Crippen molar-refractivity contribution in [2.45, 2.75) is 148 Å². The van der Waals surface area contributed by atoms with Crippen LogP contribution in [0.2, 0.25) is 0 Å². The molecule has 0 heterocycles. The summed E-state index contributed by atoms with van der Waals surface area (Å²) in [6, 6.07) is 36.9. The molecule has 0 nitrogen and oxygen atoms in total. The van der Waals surface area contributed by atoms with Crippen LogP contribution in [0.25, 0.3) is 33.4 Å². The Morgan fingerprint density at radius 3 is 1.40 bits per heavy atom. The Morgan fingerprint density at radius 1 is 0.500 bits per heavy atom. The summed E-state index contributed by atoms with van der Waals surface area (Å²) in [5, 5.41) is 0. The van der Waals surface area contributed by atoms with E-state index in [-0.39, 0.29) is 41.1 Å². The standard InChI is InChI=1S/C39H45.C15H14.C11H17.2ClH.Zr/c1-22-13-24(3)36(25(4)14-22)32-18-28-17-29-19-33(37-26(5)15-23(2)16-27(37)6)35(39(10,11)12)21-31(29)30(28)20-34(32)38(7,8)9;1-12-3-7-14(8-4-12)11-15-9-5-13(2)6-10-15;1-5-9-6-7-10(8-9)11(2,3)4;;;/h13-16,18,20-21H,17H2,1-12H3;3-10H,1-2H3;7-9H,5H2,1-4H3;2*1H;/q;;;;;+2/p-2. The Bertz CT molecular complexity index is 2930. The Kier molecular flexibility index (Phi) is 15.5. The van der Waals surface area contributed by atoms with Crippen LogP contribution >= 0.6 is 0 Å². The first kappa shape index (κ1) is 53.5. The van der Waals surface area contributed by atoms with Gasteiger partial charge < -0.3 is 24.8 Å². The molecule has 0 bridgehead atoms. The van der Waals surface area contributed by atoms with E-state index in [4.69, 9.17) is 0 Å². The van der Waals surface area contributed by atoms with Gasteiger partial charge in [-0.3, -0.25) is 0 Å². The summed E-state index contributed by atoms with van der Waals surface area (Å²) >= 11 is -3.36. The van der Waals surface area contributed by atoms with E-state index in [1.165, 1.54) is 111 Å². The molecule has 0 amide bonds. The first-order valence-electron chi connectivity index (χ1n) is 24.7. The second-order valence-corrected chi connectivity index (χ2v) is 29.2. The molecule has 2 aliphatic carbocycles. The van der Waals surface area contributed by atoms with E-state index < -0.39 is 21.3 Å². The zero-order valence-electron chi connectivity index (χ0n) is 44.6. The largest absolute Gasteiger partial charge is 1.00 e. The van der Waals surface area contributed by atoms with Gasteiger partial charge in [-0.25, -0.2) is 0 Å². The molecule has 0 fully saturated rings. The van der Waals surface area contributed by atoms with Crippen molar-refractivity contribution in [3.05, 3.63) is 190 Å². The van der Waals surface area contributed by atoms with Crippen molar-refractivity contribution in [3.8, 4) is 33.4 Å². The summed E-state index contributed by atoms with van der Waals surface area (Å²) in [4.78, 5) is 0. The molecule has 0 aliphatic heterocycles.